The minimum absolute atomic E-state index is 0.0325. The minimum atomic E-state index is -0.296. The van der Waals surface area contributed by atoms with E-state index in [1.54, 1.807) is 18.5 Å². The summed E-state index contributed by atoms with van der Waals surface area (Å²) in [7, 11) is 0. The van der Waals surface area contributed by atoms with E-state index in [0.29, 0.717) is 24.2 Å². The van der Waals surface area contributed by atoms with Crippen LogP contribution < -0.4 is 5.32 Å². The van der Waals surface area contributed by atoms with Crippen LogP contribution in [0.4, 0.5) is 10.1 Å². The van der Waals surface area contributed by atoms with Crippen molar-refractivity contribution in [3.05, 3.63) is 103 Å². The number of imidazole rings is 1. The Morgan fingerprint density at radius 1 is 0.909 bits per heavy atom. The summed E-state index contributed by atoms with van der Waals surface area (Å²) in [4.78, 5) is 24.1. The van der Waals surface area contributed by atoms with E-state index in [4.69, 9.17) is 0 Å². The average molecular weight is 436 g/mol. The summed E-state index contributed by atoms with van der Waals surface area (Å²) >= 11 is 0. The van der Waals surface area contributed by atoms with Crippen molar-refractivity contribution in [2.75, 3.05) is 5.32 Å². The van der Waals surface area contributed by atoms with Crippen LogP contribution in [0.1, 0.15) is 12.0 Å². The highest BCUT2D eigenvalue weighted by Crippen LogP contribution is 2.27. The second-order valence-electron chi connectivity index (χ2n) is 7.81. The number of carbonyl (C=O) groups is 1. The van der Waals surface area contributed by atoms with E-state index < -0.39 is 0 Å². The van der Waals surface area contributed by atoms with Gasteiger partial charge >= 0.3 is 0 Å². The summed E-state index contributed by atoms with van der Waals surface area (Å²) in [5.74, 6) is 0.362. The maximum atomic E-state index is 13.5. The van der Waals surface area contributed by atoms with Crippen LogP contribution in [0.25, 0.3) is 33.5 Å². The monoisotopic (exact) mass is 436 g/mol. The molecule has 0 saturated heterocycles. The zero-order chi connectivity index (χ0) is 22.6. The summed E-state index contributed by atoms with van der Waals surface area (Å²) < 4.78 is 13.5. The lowest BCUT2D eigenvalue weighted by atomic mass is 10.0. The van der Waals surface area contributed by atoms with Gasteiger partial charge in [-0.25, -0.2) is 9.37 Å². The van der Waals surface area contributed by atoms with Crippen LogP contribution >= 0.6 is 0 Å². The first kappa shape index (κ1) is 20.6. The van der Waals surface area contributed by atoms with E-state index >= 15 is 0 Å². The third-order valence-electron chi connectivity index (χ3n) is 5.45. The quantitative estimate of drug-likeness (QED) is 0.343. The maximum Gasteiger partial charge on any atom is 0.224 e. The molecule has 6 heteroatoms. The van der Waals surface area contributed by atoms with E-state index in [-0.39, 0.29) is 11.7 Å². The molecule has 2 aromatic heterocycles. The molecule has 2 heterocycles. The normalized spacial score (nSPS) is 10.9. The number of rotatable bonds is 6. The topological polar surface area (TPSA) is 70.7 Å². The van der Waals surface area contributed by atoms with Gasteiger partial charge in [0.1, 0.15) is 11.6 Å². The number of carbonyl (C=O) groups excluding carboxylic acids is 1. The van der Waals surface area contributed by atoms with Crippen molar-refractivity contribution in [2.45, 2.75) is 12.8 Å². The predicted octanol–water partition coefficient (Wildman–Crippen LogP) is 6.00. The molecular formula is C27H21FN4O. The molecule has 0 unspecified atom stereocenters. The van der Waals surface area contributed by atoms with Crippen LogP contribution in [-0.4, -0.2) is 20.9 Å². The number of H-pyrrole nitrogens is 1. The molecule has 0 aliphatic heterocycles. The smallest absolute Gasteiger partial charge is 0.224 e. The molecule has 0 spiro atoms. The van der Waals surface area contributed by atoms with Gasteiger partial charge in [-0.1, -0.05) is 36.4 Å². The average Bonchev–Trinajstić information content (AvgIpc) is 3.27. The number of hydrogen-bond acceptors (Lipinski definition) is 3. The van der Waals surface area contributed by atoms with Gasteiger partial charge in [0, 0.05) is 30.1 Å². The molecule has 33 heavy (non-hydrogen) atoms. The zero-order valence-corrected chi connectivity index (χ0v) is 17.8. The van der Waals surface area contributed by atoms with Crippen molar-refractivity contribution < 1.29 is 9.18 Å². The Hall–Kier alpha value is -4.32. The number of nitrogens with one attached hydrogen (secondary N) is 2. The highest BCUT2D eigenvalue weighted by Gasteiger charge is 2.08. The van der Waals surface area contributed by atoms with Crippen LogP contribution in [0.3, 0.4) is 0 Å². The van der Waals surface area contributed by atoms with Gasteiger partial charge in [0.15, 0.2) is 0 Å². The Bertz CT molecular complexity index is 1410. The highest BCUT2D eigenvalue weighted by molar-refractivity contribution is 5.91. The van der Waals surface area contributed by atoms with Gasteiger partial charge in [0.2, 0.25) is 5.91 Å². The summed E-state index contributed by atoms with van der Waals surface area (Å²) in [6.07, 6.45) is 4.55. The van der Waals surface area contributed by atoms with E-state index in [2.05, 4.69) is 20.3 Å². The molecule has 0 radical (unpaired) electrons. The van der Waals surface area contributed by atoms with Crippen LogP contribution in [0.2, 0.25) is 0 Å². The van der Waals surface area contributed by atoms with Gasteiger partial charge in [-0.3, -0.25) is 9.78 Å². The number of nitrogens with zero attached hydrogens (tertiary/aromatic N) is 2. The number of hydrogen-bond donors (Lipinski definition) is 2. The molecule has 0 atom stereocenters. The Balaban J connectivity index is 1.28. The van der Waals surface area contributed by atoms with Crippen LogP contribution in [0.15, 0.2) is 91.3 Å². The van der Waals surface area contributed by atoms with Gasteiger partial charge in [0.05, 0.1) is 11.0 Å². The number of aromatic nitrogens is 3. The molecule has 0 bridgehead atoms. The first-order valence-electron chi connectivity index (χ1n) is 10.7. The Kier molecular flexibility index (Phi) is 5.64. The number of amides is 1. The number of benzene rings is 3. The van der Waals surface area contributed by atoms with Crippen LogP contribution in [-0.2, 0) is 11.2 Å². The first-order valence-corrected chi connectivity index (χ1v) is 10.7. The van der Waals surface area contributed by atoms with Crippen molar-refractivity contribution in [3.8, 4) is 22.5 Å². The number of anilines is 1. The molecule has 162 valence electrons. The highest BCUT2D eigenvalue weighted by atomic mass is 19.1. The zero-order valence-electron chi connectivity index (χ0n) is 17.8. The van der Waals surface area contributed by atoms with E-state index in [1.807, 2.05) is 60.7 Å². The second kappa shape index (κ2) is 9.04. The molecular weight excluding hydrogens is 415 g/mol. The van der Waals surface area contributed by atoms with Gasteiger partial charge in [-0.15, -0.1) is 0 Å². The summed E-state index contributed by atoms with van der Waals surface area (Å²) in [6, 6.07) is 24.1. The van der Waals surface area contributed by atoms with Crippen molar-refractivity contribution in [2.24, 2.45) is 0 Å². The maximum absolute atomic E-state index is 13.5. The lowest BCUT2D eigenvalue weighted by Gasteiger charge is -2.08. The number of aromatic amines is 1. The van der Waals surface area contributed by atoms with Gasteiger partial charge in [-0.05, 0) is 65.6 Å². The molecule has 2 N–H and O–H groups in total. The lowest BCUT2D eigenvalue weighted by molar-refractivity contribution is -0.116. The molecule has 5 rings (SSSR count). The van der Waals surface area contributed by atoms with Gasteiger partial charge in [0.25, 0.3) is 0 Å². The summed E-state index contributed by atoms with van der Waals surface area (Å²) in [5.41, 5.74) is 6.14. The molecule has 5 aromatic rings. The number of fused-ring (bicyclic) bond motifs is 1. The van der Waals surface area contributed by atoms with E-state index in [9.17, 15) is 9.18 Å². The first-order chi connectivity index (χ1) is 16.1. The van der Waals surface area contributed by atoms with Gasteiger partial charge in [-0.2, -0.15) is 0 Å². The summed E-state index contributed by atoms with van der Waals surface area (Å²) in [6.45, 7) is 0. The van der Waals surface area contributed by atoms with Gasteiger partial charge < -0.3 is 10.3 Å². The minimum Gasteiger partial charge on any atom is -0.338 e. The number of pyridine rings is 1. The molecule has 0 aliphatic rings. The lowest BCUT2D eigenvalue weighted by Crippen LogP contribution is -2.12. The fourth-order valence-corrected chi connectivity index (χ4v) is 3.74. The second-order valence-corrected chi connectivity index (χ2v) is 7.81. The predicted molar refractivity (Wildman–Crippen MR) is 128 cm³/mol. The SMILES string of the molecule is O=C(CCc1cccnc1)Nc1ccc(-c2cccc(-c3nc4ccc(F)cc4[nH]3)c2)cc1. The Labute approximate surface area is 190 Å². The fraction of sp³-hybridized carbons (Fsp3) is 0.0741. The molecule has 1 amide bonds. The molecule has 0 aliphatic carbocycles. The van der Waals surface area contributed by atoms with Crippen molar-refractivity contribution in [1.29, 1.82) is 0 Å². The molecule has 0 saturated carbocycles. The third kappa shape index (κ3) is 4.80. The van der Waals surface area contributed by atoms with Crippen LogP contribution in [0.5, 0.6) is 0 Å². The fourth-order valence-electron chi connectivity index (χ4n) is 3.74. The van der Waals surface area contributed by atoms with Crippen molar-refractivity contribution in [1.82, 2.24) is 15.0 Å². The molecule has 0 fully saturated rings. The summed E-state index contributed by atoms with van der Waals surface area (Å²) in [5, 5.41) is 2.94. The standard InChI is InChI=1S/C27H21FN4O/c28-22-9-12-24-25(16-22)32-27(31-24)21-5-1-4-20(15-21)19-7-10-23(11-8-19)30-26(33)13-6-18-3-2-14-29-17-18/h1-5,7-12,14-17H,6,13H2,(H,30,33)(H,31,32). The van der Waals surface area contributed by atoms with E-state index in [1.165, 1.54) is 12.1 Å². The van der Waals surface area contributed by atoms with Crippen LogP contribution in [0, 0.1) is 5.82 Å². The number of halogens is 1. The molecule has 3 aromatic carbocycles. The molecule has 5 nitrogen and oxygen atoms in total. The number of aryl methyl sites for hydroxylation is 1. The Morgan fingerprint density at radius 2 is 1.76 bits per heavy atom. The van der Waals surface area contributed by atoms with Crippen molar-refractivity contribution >= 4 is 22.6 Å². The Morgan fingerprint density at radius 3 is 2.58 bits per heavy atom. The van der Waals surface area contributed by atoms with E-state index in [0.717, 1.165) is 33.5 Å². The largest absolute Gasteiger partial charge is 0.338 e. The van der Waals surface area contributed by atoms with Crippen molar-refractivity contribution in [3.63, 3.8) is 0 Å². The third-order valence-corrected chi connectivity index (χ3v) is 5.45.